The third-order valence-corrected chi connectivity index (χ3v) is 4.23. The predicted molar refractivity (Wildman–Crippen MR) is 83.6 cm³/mol. The molecular formula is C16H20N4O. The zero-order chi connectivity index (χ0) is 14.2. The minimum atomic E-state index is -0.172. The highest BCUT2D eigenvalue weighted by Gasteiger charge is 2.26. The Bertz CT molecular complexity index is 648. The SMILES string of the molecule is OC1CCN(c2nc3ccccc3nc2NC2CC2)CC1. The number of para-hydroxylation sites is 2. The van der Waals surface area contributed by atoms with E-state index in [4.69, 9.17) is 9.97 Å². The van der Waals surface area contributed by atoms with Crippen LogP contribution in [0.1, 0.15) is 25.7 Å². The van der Waals surface area contributed by atoms with Gasteiger partial charge in [0.2, 0.25) is 0 Å². The van der Waals surface area contributed by atoms with Crippen molar-refractivity contribution in [3.63, 3.8) is 0 Å². The number of nitrogens with zero attached hydrogens (tertiary/aromatic N) is 3. The minimum absolute atomic E-state index is 0.172. The van der Waals surface area contributed by atoms with E-state index < -0.39 is 0 Å². The fourth-order valence-corrected chi connectivity index (χ4v) is 2.81. The fraction of sp³-hybridized carbons (Fsp3) is 0.500. The van der Waals surface area contributed by atoms with Crippen LogP contribution in [0.4, 0.5) is 11.6 Å². The number of anilines is 2. The molecule has 110 valence electrons. The number of hydrogen-bond acceptors (Lipinski definition) is 5. The molecule has 2 aliphatic rings. The average Bonchev–Trinajstić information content (AvgIpc) is 3.31. The third-order valence-electron chi connectivity index (χ3n) is 4.23. The summed E-state index contributed by atoms with van der Waals surface area (Å²) in [6.07, 6.45) is 3.86. The zero-order valence-electron chi connectivity index (χ0n) is 12.0. The molecule has 2 N–H and O–H groups in total. The molecule has 5 nitrogen and oxygen atoms in total. The van der Waals surface area contributed by atoms with Gasteiger partial charge in [0.05, 0.1) is 17.1 Å². The van der Waals surface area contributed by atoms with Gasteiger partial charge in [-0.3, -0.25) is 0 Å². The molecule has 0 amide bonds. The maximum Gasteiger partial charge on any atom is 0.172 e. The zero-order valence-corrected chi connectivity index (χ0v) is 12.0. The van der Waals surface area contributed by atoms with Gasteiger partial charge >= 0.3 is 0 Å². The molecule has 1 saturated carbocycles. The Balaban J connectivity index is 1.73. The Hall–Kier alpha value is -1.88. The first-order valence-electron chi connectivity index (χ1n) is 7.76. The van der Waals surface area contributed by atoms with Gasteiger partial charge in [-0.25, -0.2) is 9.97 Å². The van der Waals surface area contributed by atoms with E-state index in [-0.39, 0.29) is 6.10 Å². The van der Waals surface area contributed by atoms with E-state index in [0.717, 1.165) is 48.6 Å². The van der Waals surface area contributed by atoms with Crippen molar-refractivity contribution in [2.24, 2.45) is 0 Å². The van der Waals surface area contributed by atoms with Crippen molar-refractivity contribution in [2.45, 2.75) is 37.8 Å². The number of aliphatic hydroxyl groups excluding tert-OH is 1. The summed E-state index contributed by atoms with van der Waals surface area (Å²) in [5.41, 5.74) is 1.86. The molecule has 5 heteroatoms. The Morgan fingerprint density at radius 1 is 1.00 bits per heavy atom. The Kier molecular flexibility index (Phi) is 3.15. The van der Waals surface area contributed by atoms with Crippen molar-refractivity contribution in [3.05, 3.63) is 24.3 Å². The van der Waals surface area contributed by atoms with Crippen LogP contribution in [0.5, 0.6) is 0 Å². The van der Waals surface area contributed by atoms with E-state index in [1.807, 2.05) is 24.3 Å². The maximum absolute atomic E-state index is 9.69. The van der Waals surface area contributed by atoms with Crippen LogP contribution in [0.15, 0.2) is 24.3 Å². The maximum atomic E-state index is 9.69. The second kappa shape index (κ2) is 5.15. The summed E-state index contributed by atoms with van der Waals surface area (Å²) in [4.78, 5) is 11.8. The van der Waals surface area contributed by atoms with Crippen molar-refractivity contribution in [2.75, 3.05) is 23.3 Å². The number of nitrogens with one attached hydrogen (secondary N) is 1. The number of rotatable bonds is 3. The van der Waals surface area contributed by atoms with Gasteiger partial charge in [-0.2, -0.15) is 0 Å². The summed E-state index contributed by atoms with van der Waals surface area (Å²) in [6, 6.07) is 8.55. The second-order valence-electron chi connectivity index (χ2n) is 6.02. The topological polar surface area (TPSA) is 61.3 Å². The number of benzene rings is 1. The first-order chi connectivity index (χ1) is 10.3. The number of aromatic nitrogens is 2. The van der Waals surface area contributed by atoms with E-state index in [1.165, 1.54) is 12.8 Å². The van der Waals surface area contributed by atoms with E-state index in [2.05, 4.69) is 10.2 Å². The summed E-state index contributed by atoms with van der Waals surface area (Å²) in [7, 11) is 0. The average molecular weight is 284 g/mol. The smallest absolute Gasteiger partial charge is 0.172 e. The van der Waals surface area contributed by atoms with Crippen LogP contribution in [-0.2, 0) is 0 Å². The van der Waals surface area contributed by atoms with Crippen molar-refractivity contribution in [1.82, 2.24) is 9.97 Å². The molecule has 0 radical (unpaired) electrons. The molecule has 2 aromatic rings. The van der Waals surface area contributed by atoms with Crippen molar-refractivity contribution < 1.29 is 5.11 Å². The summed E-state index contributed by atoms with van der Waals surface area (Å²) in [5, 5.41) is 13.2. The lowest BCUT2D eigenvalue weighted by Crippen LogP contribution is -2.37. The van der Waals surface area contributed by atoms with Gasteiger partial charge in [-0.1, -0.05) is 12.1 Å². The van der Waals surface area contributed by atoms with Gasteiger partial charge in [-0.15, -0.1) is 0 Å². The molecular weight excluding hydrogens is 264 g/mol. The molecule has 1 aliphatic heterocycles. The summed E-state index contributed by atoms with van der Waals surface area (Å²) >= 11 is 0. The minimum Gasteiger partial charge on any atom is -0.393 e. The number of aliphatic hydroxyl groups is 1. The van der Waals surface area contributed by atoms with Crippen molar-refractivity contribution in [3.8, 4) is 0 Å². The number of piperidine rings is 1. The molecule has 2 heterocycles. The quantitative estimate of drug-likeness (QED) is 0.904. The molecule has 1 saturated heterocycles. The lowest BCUT2D eigenvalue weighted by atomic mass is 10.1. The third kappa shape index (κ3) is 2.65. The number of fused-ring (bicyclic) bond motifs is 1. The highest BCUT2D eigenvalue weighted by molar-refractivity contribution is 5.80. The largest absolute Gasteiger partial charge is 0.393 e. The highest BCUT2D eigenvalue weighted by atomic mass is 16.3. The van der Waals surface area contributed by atoms with Gasteiger partial charge < -0.3 is 15.3 Å². The first kappa shape index (κ1) is 12.8. The monoisotopic (exact) mass is 284 g/mol. The summed E-state index contributed by atoms with van der Waals surface area (Å²) in [6.45, 7) is 1.68. The Morgan fingerprint density at radius 2 is 1.67 bits per heavy atom. The van der Waals surface area contributed by atoms with Gasteiger partial charge in [0, 0.05) is 19.1 Å². The van der Waals surface area contributed by atoms with Gasteiger partial charge in [0.1, 0.15) is 0 Å². The second-order valence-corrected chi connectivity index (χ2v) is 6.02. The van der Waals surface area contributed by atoms with Gasteiger partial charge in [0.15, 0.2) is 11.6 Å². The standard InChI is InChI=1S/C16H20N4O/c21-12-7-9-20(10-8-12)16-15(17-11-5-6-11)18-13-3-1-2-4-14(13)19-16/h1-4,11-12,21H,5-10H2,(H,17,18). The molecule has 0 bridgehead atoms. The van der Waals surface area contributed by atoms with E-state index >= 15 is 0 Å². The predicted octanol–water partition coefficient (Wildman–Crippen LogP) is 2.17. The lowest BCUT2D eigenvalue weighted by Gasteiger charge is -2.31. The molecule has 1 aliphatic carbocycles. The molecule has 4 rings (SSSR count). The first-order valence-corrected chi connectivity index (χ1v) is 7.76. The van der Waals surface area contributed by atoms with Crippen LogP contribution in [0.2, 0.25) is 0 Å². The Labute approximate surface area is 124 Å². The van der Waals surface area contributed by atoms with Crippen LogP contribution >= 0.6 is 0 Å². The van der Waals surface area contributed by atoms with E-state index in [1.54, 1.807) is 0 Å². The number of hydrogen-bond donors (Lipinski definition) is 2. The summed E-state index contributed by atoms with van der Waals surface area (Å²) < 4.78 is 0. The van der Waals surface area contributed by atoms with Crippen LogP contribution in [-0.4, -0.2) is 40.3 Å². The van der Waals surface area contributed by atoms with Crippen molar-refractivity contribution >= 4 is 22.7 Å². The van der Waals surface area contributed by atoms with Crippen LogP contribution in [0, 0.1) is 0 Å². The highest BCUT2D eigenvalue weighted by Crippen LogP contribution is 2.31. The molecule has 0 atom stereocenters. The molecule has 2 fully saturated rings. The lowest BCUT2D eigenvalue weighted by molar-refractivity contribution is 0.145. The van der Waals surface area contributed by atoms with Gasteiger partial charge in [0.25, 0.3) is 0 Å². The van der Waals surface area contributed by atoms with Crippen molar-refractivity contribution in [1.29, 1.82) is 0 Å². The van der Waals surface area contributed by atoms with Crippen LogP contribution in [0.3, 0.4) is 0 Å². The van der Waals surface area contributed by atoms with Crippen LogP contribution in [0.25, 0.3) is 11.0 Å². The van der Waals surface area contributed by atoms with Gasteiger partial charge in [-0.05, 0) is 37.8 Å². The molecule has 0 unspecified atom stereocenters. The van der Waals surface area contributed by atoms with Crippen LogP contribution < -0.4 is 10.2 Å². The molecule has 1 aromatic heterocycles. The van der Waals surface area contributed by atoms with E-state index in [9.17, 15) is 5.11 Å². The Morgan fingerprint density at radius 3 is 2.33 bits per heavy atom. The van der Waals surface area contributed by atoms with E-state index in [0.29, 0.717) is 6.04 Å². The molecule has 0 spiro atoms. The molecule has 21 heavy (non-hydrogen) atoms. The molecule has 1 aromatic carbocycles. The normalized spacial score (nSPS) is 20.0. The fourth-order valence-electron chi connectivity index (χ4n) is 2.81. The summed E-state index contributed by atoms with van der Waals surface area (Å²) in [5.74, 6) is 1.83.